The van der Waals surface area contributed by atoms with Crippen molar-refractivity contribution in [3.63, 3.8) is 0 Å². The maximum atomic E-state index is 5.11. The van der Waals surface area contributed by atoms with Crippen LogP contribution < -0.4 is 0 Å². The average molecular weight is 572 g/mol. The van der Waals surface area contributed by atoms with Crippen LogP contribution >= 0.6 is 20.2 Å². The van der Waals surface area contributed by atoms with E-state index >= 15 is 0 Å². The number of aryl methyl sites for hydroxylation is 6. The van der Waals surface area contributed by atoms with Crippen molar-refractivity contribution in [2.75, 3.05) is 6.54 Å². The van der Waals surface area contributed by atoms with Crippen LogP contribution in [-0.2, 0) is 13.1 Å². The zero-order valence-corrected chi connectivity index (χ0v) is 26.7. The molecule has 2 aromatic rings. The second-order valence-electron chi connectivity index (χ2n) is 11.6. The second kappa shape index (κ2) is 13.9. The zero-order chi connectivity index (χ0) is 27.8. The van der Waals surface area contributed by atoms with Crippen LogP contribution in [0.4, 0.5) is 11.4 Å². The predicted octanol–water partition coefficient (Wildman–Crippen LogP) is 9.92. The molecule has 0 aromatic heterocycles. The summed E-state index contributed by atoms with van der Waals surface area (Å²) in [5.41, 5.74) is 11.3. The molecule has 0 saturated carbocycles. The fourth-order valence-corrected chi connectivity index (χ4v) is 4.00. The molecule has 0 radical (unpaired) electrons. The maximum absolute atomic E-state index is 5.11. The monoisotopic (exact) mass is 571 g/mol. The van der Waals surface area contributed by atoms with Crippen molar-refractivity contribution in [2.45, 2.75) is 83.1 Å². The summed E-state index contributed by atoms with van der Waals surface area (Å²) in [4.78, 5) is 15.1. The molecule has 200 valence electrons. The average Bonchev–Trinajstić information content (AvgIpc) is 2.68. The Kier molecular flexibility index (Phi) is 12.6. The van der Waals surface area contributed by atoms with Crippen molar-refractivity contribution in [1.29, 1.82) is 0 Å². The van der Waals surface area contributed by atoms with Gasteiger partial charge in [0.05, 0.1) is 23.6 Å². The van der Waals surface area contributed by atoms with Gasteiger partial charge in [0.1, 0.15) is 0 Å². The van der Waals surface area contributed by atoms with Gasteiger partial charge in [-0.15, -0.1) is 0 Å². The Labute approximate surface area is 234 Å². The number of halogens is 2. The molecule has 2 rings (SSSR count). The Balaban J connectivity index is 0.00000205. The van der Waals surface area contributed by atoms with Gasteiger partial charge < -0.3 is 0 Å². The predicted molar refractivity (Wildman–Crippen MR) is 159 cm³/mol. The molecular weight excluding hydrogens is 529 g/mol. The molecule has 3 nitrogen and oxygen atoms in total. The third-order valence-corrected chi connectivity index (χ3v) is 5.84. The molecule has 0 heterocycles. The standard InChI is InChI=1S/C30H43N3.2ClH.Fe/c1-19-13-21(3)27(22(4)14-19)32-25(29(7,8)9)17-31-18-26(30(10,11)12)33-28-23(5)15-20(2)16-24(28)6;;;/h13-17H,18H2,1-12H3;2*1H;/q;;;+2/p-2. The fraction of sp³-hybridized carbons (Fsp3) is 0.500. The first kappa shape index (κ1) is 32.6. The van der Waals surface area contributed by atoms with Crippen molar-refractivity contribution in [2.24, 2.45) is 25.8 Å². The molecule has 6 heteroatoms. The van der Waals surface area contributed by atoms with Gasteiger partial charge in [-0.25, -0.2) is 0 Å². The number of benzene rings is 2. The summed E-state index contributed by atoms with van der Waals surface area (Å²) in [6.45, 7) is 26.5. The normalized spacial score (nSPS) is 13.3. The Morgan fingerprint density at radius 2 is 1.06 bits per heavy atom. The van der Waals surface area contributed by atoms with Crippen LogP contribution in [0.5, 0.6) is 0 Å². The molecule has 0 aliphatic carbocycles. The molecule has 0 aliphatic heterocycles. The molecular formula is C30H43Cl2FeN3. The van der Waals surface area contributed by atoms with Gasteiger partial charge in [-0.2, -0.15) is 0 Å². The van der Waals surface area contributed by atoms with E-state index in [2.05, 4.69) is 107 Å². The molecule has 0 amide bonds. The van der Waals surface area contributed by atoms with E-state index in [-0.39, 0.29) is 24.0 Å². The Morgan fingerprint density at radius 1 is 0.694 bits per heavy atom. The quantitative estimate of drug-likeness (QED) is 0.253. The fourth-order valence-electron chi connectivity index (χ4n) is 4.00. The summed E-state index contributed by atoms with van der Waals surface area (Å²) >= 11 is 0.194. The summed E-state index contributed by atoms with van der Waals surface area (Å²) in [5.74, 6) is 0. The third-order valence-electron chi connectivity index (χ3n) is 5.84. The molecule has 0 atom stereocenters. The molecule has 0 saturated heterocycles. The first-order valence-corrected chi connectivity index (χ1v) is 15.2. The van der Waals surface area contributed by atoms with Crippen LogP contribution in [0, 0.1) is 52.4 Å². The summed E-state index contributed by atoms with van der Waals surface area (Å²) in [5, 5.41) is 0. The third kappa shape index (κ3) is 10.1. The van der Waals surface area contributed by atoms with Crippen LogP contribution in [0.2, 0.25) is 0 Å². The van der Waals surface area contributed by atoms with E-state index in [1.54, 1.807) is 0 Å². The van der Waals surface area contributed by atoms with Gasteiger partial charge in [0.25, 0.3) is 0 Å². The number of hydrogen-bond acceptors (Lipinski definition) is 3. The Bertz CT molecular complexity index is 1090. The number of hydrogen-bond donors (Lipinski definition) is 0. The molecule has 0 spiro atoms. The van der Waals surface area contributed by atoms with Crippen LogP contribution in [0.3, 0.4) is 0 Å². The molecule has 2 aromatic carbocycles. The number of nitrogens with zero attached hydrogens (tertiary/aromatic N) is 3. The van der Waals surface area contributed by atoms with Crippen molar-refractivity contribution in [1.82, 2.24) is 0 Å². The molecule has 36 heavy (non-hydrogen) atoms. The van der Waals surface area contributed by atoms with Gasteiger partial charge in [0.2, 0.25) is 0 Å². The van der Waals surface area contributed by atoms with Crippen LogP contribution in [0.15, 0.2) is 39.2 Å². The SMILES string of the molecule is Cc1cc(C)c(N=C(C=NCC(=Nc2c(C)cc(C)cc2C)C(C)(C)C)C(C)(C)C)c(C)c1.[Cl][Fe][Cl]. The van der Waals surface area contributed by atoms with Crippen molar-refractivity contribution in [3.8, 4) is 0 Å². The van der Waals surface area contributed by atoms with Crippen molar-refractivity contribution >= 4 is 49.2 Å². The van der Waals surface area contributed by atoms with Crippen molar-refractivity contribution < 1.29 is 13.1 Å². The van der Waals surface area contributed by atoms with E-state index in [1.807, 2.05) is 6.21 Å². The summed E-state index contributed by atoms with van der Waals surface area (Å²) in [7, 11) is 9.53. The van der Waals surface area contributed by atoms with Gasteiger partial charge in [-0.05, 0) is 63.8 Å². The van der Waals surface area contributed by atoms with E-state index in [1.165, 1.54) is 33.4 Å². The Hall–Kier alpha value is -1.45. The van der Waals surface area contributed by atoms with E-state index in [0.29, 0.717) is 6.54 Å². The summed E-state index contributed by atoms with van der Waals surface area (Å²) in [6, 6.07) is 8.79. The topological polar surface area (TPSA) is 37.1 Å². The van der Waals surface area contributed by atoms with Crippen LogP contribution in [0.1, 0.15) is 74.9 Å². The van der Waals surface area contributed by atoms with Gasteiger partial charge in [-0.1, -0.05) is 76.9 Å². The van der Waals surface area contributed by atoms with E-state index < -0.39 is 0 Å². The van der Waals surface area contributed by atoms with Crippen LogP contribution in [-0.4, -0.2) is 24.2 Å². The molecule has 0 N–H and O–H groups in total. The Morgan fingerprint density at radius 3 is 1.39 bits per heavy atom. The zero-order valence-electron chi connectivity index (χ0n) is 24.0. The van der Waals surface area contributed by atoms with E-state index in [9.17, 15) is 0 Å². The van der Waals surface area contributed by atoms with Gasteiger partial charge in [0, 0.05) is 22.8 Å². The molecule has 0 fully saturated rings. The minimum absolute atomic E-state index is 0.0791. The number of aliphatic imine (C=N–C) groups is 3. The number of rotatable bonds is 5. The molecule has 0 bridgehead atoms. The van der Waals surface area contributed by atoms with Gasteiger partial charge in [0.15, 0.2) is 0 Å². The first-order chi connectivity index (χ1) is 16.5. The van der Waals surface area contributed by atoms with Gasteiger partial charge in [-0.3, -0.25) is 15.0 Å². The van der Waals surface area contributed by atoms with E-state index in [0.717, 1.165) is 22.8 Å². The molecule has 0 aliphatic rings. The minimum atomic E-state index is -0.115. The summed E-state index contributed by atoms with van der Waals surface area (Å²) in [6.07, 6.45) is 1.95. The van der Waals surface area contributed by atoms with E-state index in [4.69, 9.17) is 35.2 Å². The molecule has 0 unspecified atom stereocenters. The van der Waals surface area contributed by atoms with Crippen molar-refractivity contribution in [3.05, 3.63) is 57.6 Å². The summed E-state index contributed by atoms with van der Waals surface area (Å²) < 4.78 is 0. The van der Waals surface area contributed by atoms with Crippen LogP contribution in [0.25, 0.3) is 0 Å². The second-order valence-corrected chi connectivity index (χ2v) is 13.4. The first-order valence-electron chi connectivity index (χ1n) is 12.2. The van der Waals surface area contributed by atoms with Gasteiger partial charge >= 0.3 is 33.3 Å².